The van der Waals surface area contributed by atoms with Crippen LogP contribution < -0.4 is 0 Å². The summed E-state index contributed by atoms with van der Waals surface area (Å²) in [5.41, 5.74) is 0.240. The molecule has 10 heteroatoms. The van der Waals surface area contributed by atoms with Crippen LogP contribution in [0.25, 0.3) is 0 Å². The summed E-state index contributed by atoms with van der Waals surface area (Å²) in [5.74, 6) is -1.92. The summed E-state index contributed by atoms with van der Waals surface area (Å²) in [6.45, 7) is 4.32. The van der Waals surface area contributed by atoms with Crippen molar-refractivity contribution in [3.63, 3.8) is 0 Å². The van der Waals surface area contributed by atoms with E-state index < -0.39 is 26.7 Å². The molecule has 1 aromatic carbocycles. The largest absolute Gasteiger partial charge is 0.465 e. The molecule has 0 radical (unpaired) electrons. The number of methoxy groups -OCH3 is 1. The van der Waals surface area contributed by atoms with Crippen molar-refractivity contribution in [3.05, 3.63) is 46.5 Å². The van der Waals surface area contributed by atoms with E-state index in [4.69, 9.17) is 11.6 Å². The van der Waals surface area contributed by atoms with Crippen molar-refractivity contribution in [1.82, 2.24) is 14.1 Å². The van der Waals surface area contributed by atoms with Gasteiger partial charge in [0.25, 0.3) is 0 Å². The van der Waals surface area contributed by atoms with Crippen LogP contribution in [0.15, 0.2) is 29.4 Å². The van der Waals surface area contributed by atoms with Crippen LogP contribution in [-0.4, -0.2) is 48.7 Å². The number of halogens is 2. The third-order valence-corrected chi connectivity index (χ3v) is 7.23. The monoisotopic (exact) mass is 429 g/mol. The summed E-state index contributed by atoms with van der Waals surface area (Å²) in [6.07, 6.45) is 3.56. The second-order valence-electron chi connectivity index (χ2n) is 7.54. The fourth-order valence-corrected chi connectivity index (χ4v) is 5.55. The normalized spacial score (nSPS) is 19.7. The highest BCUT2D eigenvalue weighted by atomic mass is 35.5. The van der Waals surface area contributed by atoms with Crippen LogP contribution in [-0.2, 0) is 21.8 Å². The first kappa shape index (κ1) is 20.8. The van der Waals surface area contributed by atoms with Crippen LogP contribution in [0.4, 0.5) is 4.39 Å². The van der Waals surface area contributed by atoms with Gasteiger partial charge >= 0.3 is 5.97 Å². The summed E-state index contributed by atoms with van der Waals surface area (Å²) in [6, 6.07) is 1.75. The number of ether oxygens (including phenoxy) is 1. The number of esters is 1. The van der Waals surface area contributed by atoms with Crippen molar-refractivity contribution in [3.8, 4) is 0 Å². The topological polar surface area (TPSA) is 81.5 Å². The van der Waals surface area contributed by atoms with Gasteiger partial charge in [0.1, 0.15) is 5.82 Å². The molecule has 0 amide bonds. The number of aromatic nitrogens is 2. The van der Waals surface area contributed by atoms with Gasteiger partial charge in [0.15, 0.2) is 0 Å². The number of rotatable bonds is 4. The van der Waals surface area contributed by atoms with Crippen molar-refractivity contribution >= 4 is 27.6 Å². The van der Waals surface area contributed by atoms with E-state index in [1.807, 2.05) is 20.0 Å². The number of benzene rings is 1. The van der Waals surface area contributed by atoms with E-state index >= 15 is 0 Å². The molecular weight excluding hydrogens is 409 g/mol. The van der Waals surface area contributed by atoms with Crippen molar-refractivity contribution in [1.29, 1.82) is 0 Å². The second-order valence-corrected chi connectivity index (χ2v) is 9.85. The average molecular weight is 430 g/mol. The number of sulfonamides is 1. The zero-order chi connectivity index (χ0) is 20.9. The number of hydrogen-bond donors (Lipinski definition) is 0. The van der Waals surface area contributed by atoms with E-state index in [1.165, 1.54) is 4.31 Å². The standard InChI is InChI=1S/C18H21ClFN3O4S/c1-18(2)10-23(9-13(18)11-7-21-22(3)8-11)28(25,26)16-6-15(20)14(19)5-12(16)17(24)27-4/h5-8,13H,9-10H2,1-4H3. The zero-order valence-corrected chi connectivity index (χ0v) is 17.5. The molecule has 152 valence electrons. The molecule has 1 fully saturated rings. The number of carbonyl (C=O) groups excluding carboxylic acids is 1. The van der Waals surface area contributed by atoms with Gasteiger partial charge in [-0.25, -0.2) is 17.6 Å². The van der Waals surface area contributed by atoms with Crippen LogP contribution in [0, 0.1) is 11.2 Å². The van der Waals surface area contributed by atoms with Crippen molar-refractivity contribution in [2.24, 2.45) is 12.5 Å². The Kier molecular flexibility index (Phi) is 5.28. The van der Waals surface area contributed by atoms with Gasteiger partial charge in [-0.1, -0.05) is 25.4 Å². The van der Waals surface area contributed by atoms with Crippen LogP contribution in [0.3, 0.4) is 0 Å². The Labute approximate surface area is 168 Å². The van der Waals surface area contributed by atoms with Gasteiger partial charge < -0.3 is 4.74 Å². The number of hydrogen-bond acceptors (Lipinski definition) is 5. The molecule has 7 nitrogen and oxygen atoms in total. The molecule has 0 bridgehead atoms. The van der Waals surface area contributed by atoms with Gasteiger partial charge in [-0.3, -0.25) is 4.68 Å². The quantitative estimate of drug-likeness (QED) is 0.698. The van der Waals surface area contributed by atoms with Crippen molar-refractivity contribution in [2.75, 3.05) is 20.2 Å². The number of carbonyl (C=O) groups is 1. The molecule has 0 N–H and O–H groups in total. The Morgan fingerprint density at radius 1 is 1.39 bits per heavy atom. The highest BCUT2D eigenvalue weighted by molar-refractivity contribution is 7.89. The van der Waals surface area contributed by atoms with Gasteiger partial charge in [0.2, 0.25) is 10.0 Å². The summed E-state index contributed by atoms with van der Waals surface area (Å²) < 4.78 is 48.2. The lowest BCUT2D eigenvalue weighted by Crippen LogP contribution is -2.31. The summed E-state index contributed by atoms with van der Waals surface area (Å²) in [4.78, 5) is 11.6. The second kappa shape index (κ2) is 7.13. The van der Waals surface area contributed by atoms with E-state index in [-0.39, 0.29) is 35.0 Å². The van der Waals surface area contributed by atoms with Gasteiger partial charge in [-0.05, 0) is 23.1 Å². The van der Waals surface area contributed by atoms with Crippen LogP contribution in [0.1, 0.15) is 35.7 Å². The highest BCUT2D eigenvalue weighted by Gasteiger charge is 2.46. The van der Waals surface area contributed by atoms with Gasteiger partial charge in [-0.15, -0.1) is 0 Å². The molecule has 0 aliphatic carbocycles. The lowest BCUT2D eigenvalue weighted by Gasteiger charge is -2.24. The van der Waals surface area contributed by atoms with Gasteiger partial charge in [-0.2, -0.15) is 9.40 Å². The van der Waals surface area contributed by atoms with Gasteiger partial charge in [0.05, 0.1) is 28.8 Å². The molecule has 1 saturated heterocycles. The van der Waals surface area contributed by atoms with Crippen LogP contribution >= 0.6 is 11.6 Å². The van der Waals surface area contributed by atoms with Crippen molar-refractivity contribution in [2.45, 2.75) is 24.7 Å². The molecule has 1 atom stereocenters. The highest BCUT2D eigenvalue weighted by Crippen LogP contribution is 2.44. The first-order valence-corrected chi connectivity index (χ1v) is 10.3. The molecule has 2 heterocycles. The summed E-state index contributed by atoms with van der Waals surface area (Å²) in [5, 5.41) is 3.81. The number of aryl methyl sites for hydroxylation is 1. The maximum Gasteiger partial charge on any atom is 0.339 e. The molecular formula is C18H21ClFN3O4S. The Morgan fingerprint density at radius 3 is 2.64 bits per heavy atom. The molecule has 1 aliphatic heterocycles. The van der Waals surface area contributed by atoms with Gasteiger partial charge in [0, 0.05) is 32.3 Å². The van der Waals surface area contributed by atoms with E-state index in [1.54, 1.807) is 17.9 Å². The zero-order valence-electron chi connectivity index (χ0n) is 15.9. The predicted octanol–water partition coefficient (Wildman–Crippen LogP) is 2.81. The first-order chi connectivity index (χ1) is 13.0. The molecule has 0 spiro atoms. The number of nitrogens with zero attached hydrogens (tertiary/aromatic N) is 3. The summed E-state index contributed by atoms with van der Waals surface area (Å²) in [7, 11) is -1.25. The molecule has 2 aromatic rings. The lowest BCUT2D eigenvalue weighted by molar-refractivity contribution is 0.0596. The average Bonchev–Trinajstić information content (AvgIpc) is 3.18. The van der Waals surface area contributed by atoms with E-state index in [0.29, 0.717) is 0 Å². The molecule has 1 aliphatic rings. The Morgan fingerprint density at radius 2 is 2.07 bits per heavy atom. The van der Waals surface area contributed by atoms with Crippen LogP contribution in [0.5, 0.6) is 0 Å². The first-order valence-electron chi connectivity index (χ1n) is 8.53. The minimum absolute atomic E-state index is 0.102. The Bertz CT molecular complexity index is 1040. The molecule has 3 rings (SSSR count). The van der Waals surface area contributed by atoms with E-state index in [9.17, 15) is 17.6 Å². The molecule has 0 saturated carbocycles. The lowest BCUT2D eigenvalue weighted by atomic mass is 9.79. The maximum absolute atomic E-state index is 14.1. The Balaban J connectivity index is 2.05. The molecule has 1 aromatic heterocycles. The minimum Gasteiger partial charge on any atom is -0.465 e. The fourth-order valence-electron chi connectivity index (χ4n) is 3.59. The van der Waals surface area contributed by atoms with E-state index in [0.717, 1.165) is 24.8 Å². The maximum atomic E-state index is 14.1. The molecule has 1 unspecified atom stereocenters. The van der Waals surface area contributed by atoms with Crippen LogP contribution in [0.2, 0.25) is 5.02 Å². The third-order valence-electron chi connectivity index (χ3n) is 5.09. The predicted molar refractivity (Wildman–Crippen MR) is 101 cm³/mol. The summed E-state index contributed by atoms with van der Waals surface area (Å²) >= 11 is 5.75. The minimum atomic E-state index is -4.16. The van der Waals surface area contributed by atoms with Crippen molar-refractivity contribution < 1.29 is 22.3 Å². The SMILES string of the molecule is COC(=O)c1cc(Cl)c(F)cc1S(=O)(=O)N1CC(c2cnn(C)c2)C(C)(C)C1. The molecule has 28 heavy (non-hydrogen) atoms. The Hall–Kier alpha value is -1.97. The smallest absolute Gasteiger partial charge is 0.339 e. The third kappa shape index (κ3) is 3.54. The fraction of sp³-hybridized carbons (Fsp3) is 0.444. The van der Waals surface area contributed by atoms with E-state index in [2.05, 4.69) is 9.84 Å².